The highest BCUT2D eigenvalue weighted by Gasteiger charge is 2.13. The van der Waals surface area contributed by atoms with Crippen LogP contribution in [0, 0.1) is 5.82 Å². The molecule has 0 aliphatic carbocycles. The highest BCUT2D eigenvalue weighted by atomic mass is 35.5. The van der Waals surface area contributed by atoms with Crippen LogP contribution in [-0.4, -0.2) is 13.5 Å². The molecule has 2 rings (SSSR count). The minimum atomic E-state index is -3.68. The number of aliphatic hydroxyl groups is 1. The number of benzene rings is 2. The van der Waals surface area contributed by atoms with Gasteiger partial charge in [0.1, 0.15) is 5.82 Å². The summed E-state index contributed by atoms with van der Waals surface area (Å²) in [5.41, 5.74) is 1.26. The van der Waals surface area contributed by atoms with Crippen LogP contribution in [-0.2, 0) is 22.4 Å². The van der Waals surface area contributed by atoms with Gasteiger partial charge in [-0.1, -0.05) is 35.9 Å². The smallest absolute Gasteiger partial charge is 0.236 e. The lowest BCUT2D eigenvalue weighted by molar-refractivity contribution is 0.282. The van der Waals surface area contributed by atoms with Gasteiger partial charge in [-0.15, -0.1) is 0 Å². The predicted molar refractivity (Wildman–Crippen MR) is 80.0 cm³/mol. The van der Waals surface area contributed by atoms with E-state index in [2.05, 4.69) is 4.72 Å². The Morgan fingerprint density at radius 1 is 1.14 bits per heavy atom. The molecule has 0 heterocycles. The molecule has 0 radical (unpaired) electrons. The molecule has 2 N–H and O–H groups in total. The second-order valence-corrected chi connectivity index (χ2v) is 6.60. The van der Waals surface area contributed by atoms with E-state index in [9.17, 15) is 12.8 Å². The van der Waals surface area contributed by atoms with Crippen molar-refractivity contribution in [2.45, 2.75) is 12.4 Å². The lowest BCUT2D eigenvalue weighted by atomic mass is 10.1. The molecule has 7 heteroatoms. The summed E-state index contributed by atoms with van der Waals surface area (Å²) in [6.07, 6.45) is 0. The fourth-order valence-corrected chi connectivity index (χ4v) is 3.11. The third-order valence-corrected chi connectivity index (χ3v) is 4.29. The summed E-state index contributed by atoms with van der Waals surface area (Å²) in [4.78, 5) is 0. The van der Waals surface area contributed by atoms with Gasteiger partial charge in [0.2, 0.25) is 10.0 Å². The van der Waals surface area contributed by atoms with Gasteiger partial charge >= 0.3 is 0 Å². The summed E-state index contributed by atoms with van der Waals surface area (Å²) in [5, 5.41) is 8.96. The topological polar surface area (TPSA) is 66.4 Å². The number of sulfonamides is 1. The van der Waals surface area contributed by atoms with E-state index in [-0.39, 0.29) is 23.1 Å². The van der Waals surface area contributed by atoms with Crippen LogP contribution in [0.25, 0.3) is 0 Å². The van der Waals surface area contributed by atoms with E-state index in [1.54, 1.807) is 24.3 Å². The van der Waals surface area contributed by atoms with Crippen molar-refractivity contribution < 1.29 is 17.9 Å². The number of nitrogens with one attached hydrogen (secondary N) is 1. The molecule has 0 amide bonds. The van der Waals surface area contributed by atoms with Gasteiger partial charge in [-0.05, 0) is 29.3 Å². The maximum Gasteiger partial charge on any atom is 0.236 e. The Balaban J connectivity index is 2.16. The van der Waals surface area contributed by atoms with E-state index >= 15 is 0 Å². The quantitative estimate of drug-likeness (QED) is 0.886. The molecule has 0 aliphatic rings. The zero-order chi connectivity index (χ0) is 15.5. The van der Waals surface area contributed by atoms with Gasteiger partial charge in [0, 0.05) is 0 Å². The van der Waals surface area contributed by atoms with E-state index in [1.165, 1.54) is 12.1 Å². The van der Waals surface area contributed by atoms with Crippen LogP contribution < -0.4 is 4.72 Å². The van der Waals surface area contributed by atoms with Gasteiger partial charge < -0.3 is 5.11 Å². The maximum absolute atomic E-state index is 13.3. The predicted octanol–water partition coefficient (Wildman–Crippen LogP) is 2.91. The van der Waals surface area contributed by atoms with Crippen LogP contribution in [0.4, 0.5) is 10.1 Å². The number of hydrogen-bond donors (Lipinski definition) is 2. The molecule has 0 bridgehead atoms. The molecule has 21 heavy (non-hydrogen) atoms. The summed E-state index contributed by atoms with van der Waals surface area (Å²) < 4.78 is 39.6. The molecule has 4 nitrogen and oxygen atoms in total. The molecule has 112 valence electrons. The van der Waals surface area contributed by atoms with E-state index < -0.39 is 15.8 Å². The minimum Gasteiger partial charge on any atom is -0.392 e. The fourth-order valence-electron chi connectivity index (χ4n) is 1.81. The van der Waals surface area contributed by atoms with Crippen molar-refractivity contribution in [1.29, 1.82) is 0 Å². The summed E-state index contributed by atoms with van der Waals surface area (Å²) in [6.45, 7) is -0.163. The Kier molecular flexibility index (Phi) is 4.82. The van der Waals surface area contributed by atoms with Gasteiger partial charge in [0.25, 0.3) is 0 Å². The first-order valence-corrected chi connectivity index (χ1v) is 8.07. The van der Waals surface area contributed by atoms with Gasteiger partial charge in [-0.3, -0.25) is 4.72 Å². The third kappa shape index (κ3) is 4.42. The van der Waals surface area contributed by atoms with Crippen molar-refractivity contribution in [3.05, 3.63) is 64.4 Å². The van der Waals surface area contributed by atoms with Crippen LogP contribution in [0.3, 0.4) is 0 Å². The third-order valence-electron chi connectivity index (χ3n) is 2.72. The Morgan fingerprint density at radius 2 is 1.86 bits per heavy atom. The van der Waals surface area contributed by atoms with E-state index in [0.717, 1.165) is 6.07 Å². The lowest BCUT2D eigenvalue weighted by Crippen LogP contribution is -2.15. The van der Waals surface area contributed by atoms with E-state index in [1.807, 2.05) is 0 Å². The molecular weight excluding hydrogens is 317 g/mol. The highest BCUT2D eigenvalue weighted by Crippen LogP contribution is 2.20. The summed E-state index contributed by atoms with van der Waals surface area (Å²) in [6, 6.07) is 10.3. The first-order valence-electron chi connectivity index (χ1n) is 6.04. The number of hydrogen-bond acceptors (Lipinski definition) is 3. The number of halogens is 2. The largest absolute Gasteiger partial charge is 0.392 e. The SMILES string of the molecule is O=S(=O)(Cc1cccc(CO)c1)Nc1ccc(Cl)c(F)c1. The lowest BCUT2D eigenvalue weighted by Gasteiger charge is -2.09. The molecule has 0 unspecified atom stereocenters. The fraction of sp³-hybridized carbons (Fsp3) is 0.143. The van der Waals surface area contributed by atoms with Crippen molar-refractivity contribution in [2.24, 2.45) is 0 Å². The van der Waals surface area contributed by atoms with Gasteiger partial charge in [-0.25, -0.2) is 12.8 Å². The molecule has 0 aliphatic heterocycles. The van der Waals surface area contributed by atoms with Gasteiger partial charge in [0.15, 0.2) is 0 Å². The van der Waals surface area contributed by atoms with Crippen molar-refractivity contribution in [3.8, 4) is 0 Å². The average molecular weight is 330 g/mol. The van der Waals surface area contributed by atoms with Crippen molar-refractivity contribution in [3.63, 3.8) is 0 Å². The first kappa shape index (κ1) is 15.8. The second kappa shape index (κ2) is 6.43. The van der Waals surface area contributed by atoms with Crippen molar-refractivity contribution in [1.82, 2.24) is 0 Å². The van der Waals surface area contributed by atoms with Crippen molar-refractivity contribution >= 4 is 27.3 Å². The monoisotopic (exact) mass is 329 g/mol. The van der Waals surface area contributed by atoms with Gasteiger partial charge in [0.05, 0.1) is 23.1 Å². The Morgan fingerprint density at radius 3 is 2.52 bits per heavy atom. The number of aliphatic hydroxyl groups excluding tert-OH is 1. The summed E-state index contributed by atoms with van der Waals surface area (Å²) in [7, 11) is -3.68. The molecule has 2 aromatic carbocycles. The standard InChI is InChI=1S/C14H13ClFNO3S/c15-13-5-4-12(7-14(13)16)17-21(19,20)9-11-3-1-2-10(6-11)8-18/h1-7,17-18H,8-9H2. The zero-order valence-electron chi connectivity index (χ0n) is 10.9. The molecule has 0 saturated carbocycles. The molecule has 0 atom stereocenters. The second-order valence-electron chi connectivity index (χ2n) is 4.47. The minimum absolute atomic E-state index is 0.0754. The maximum atomic E-state index is 13.3. The van der Waals surface area contributed by atoms with E-state index in [4.69, 9.17) is 16.7 Å². The van der Waals surface area contributed by atoms with Crippen LogP contribution in [0.2, 0.25) is 5.02 Å². The molecular formula is C14H13ClFNO3S. The molecule has 0 fully saturated rings. The first-order chi connectivity index (χ1) is 9.89. The molecule has 0 spiro atoms. The highest BCUT2D eigenvalue weighted by molar-refractivity contribution is 7.91. The van der Waals surface area contributed by atoms with Crippen LogP contribution >= 0.6 is 11.6 Å². The normalized spacial score (nSPS) is 11.4. The average Bonchev–Trinajstić information content (AvgIpc) is 2.42. The van der Waals surface area contributed by atoms with Crippen molar-refractivity contribution in [2.75, 3.05) is 4.72 Å². The van der Waals surface area contributed by atoms with Gasteiger partial charge in [-0.2, -0.15) is 0 Å². The van der Waals surface area contributed by atoms with Crippen LogP contribution in [0.15, 0.2) is 42.5 Å². The van der Waals surface area contributed by atoms with Crippen LogP contribution in [0.1, 0.15) is 11.1 Å². The summed E-state index contributed by atoms with van der Waals surface area (Å²) >= 11 is 5.54. The molecule has 2 aromatic rings. The van der Waals surface area contributed by atoms with Crippen LogP contribution in [0.5, 0.6) is 0 Å². The Hall–Kier alpha value is -1.63. The Labute approximate surface area is 127 Å². The Bertz CT molecular complexity index is 750. The number of rotatable bonds is 5. The summed E-state index contributed by atoms with van der Waals surface area (Å²) in [5.74, 6) is -0.968. The zero-order valence-corrected chi connectivity index (χ0v) is 12.5. The number of anilines is 1. The van der Waals surface area contributed by atoms with E-state index in [0.29, 0.717) is 11.1 Å². The molecule has 0 saturated heterocycles. The molecule has 0 aromatic heterocycles.